The molecule has 0 heterocycles. The summed E-state index contributed by atoms with van der Waals surface area (Å²) in [5, 5.41) is 4.54. The summed E-state index contributed by atoms with van der Waals surface area (Å²) in [4.78, 5) is 25.2. The highest BCUT2D eigenvalue weighted by atomic mass is 35.5. The molecule has 0 atom stereocenters. The molecule has 2 aromatic rings. The third kappa shape index (κ3) is 5.11. The van der Waals surface area contributed by atoms with Gasteiger partial charge in [-0.25, -0.2) is 15.2 Å². The molecule has 0 spiro atoms. The van der Waals surface area contributed by atoms with Crippen LogP contribution < -0.4 is 10.7 Å². The first-order valence-corrected chi connectivity index (χ1v) is 8.36. The van der Waals surface area contributed by atoms with Gasteiger partial charge in [-0.1, -0.05) is 41.4 Å². The van der Waals surface area contributed by atoms with Crippen molar-refractivity contribution in [1.29, 1.82) is 0 Å². The molecule has 132 valence electrons. The summed E-state index contributed by atoms with van der Waals surface area (Å²) < 4.78 is 0. The van der Waals surface area contributed by atoms with Crippen molar-refractivity contribution in [2.45, 2.75) is 26.3 Å². The molecular formula is C18H19Cl2N3O2. The number of hydrazine groups is 1. The maximum absolute atomic E-state index is 12.9. The Morgan fingerprint density at radius 1 is 1.00 bits per heavy atom. The lowest BCUT2D eigenvalue weighted by molar-refractivity contribution is 0.0461. The average Bonchev–Trinajstić information content (AvgIpc) is 2.54. The van der Waals surface area contributed by atoms with Gasteiger partial charge in [-0.05, 0) is 51.1 Å². The van der Waals surface area contributed by atoms with Crippen LogP contribution in [0.4, 0.5) is 10.5 Å². The van der Waals surface area contributed by atoms with Gasteiger partial charge in [0.2, 0.25) is 0 Å². The Morgan fingerprint density at radius 3 is 2.24 bits per heavy atom. The number of nitrogens with one attached hydrogen (secondary N) is 2. The van der Waals surface area contributed by atoms with Gasteiger partial charge in [0.25, 0.3) is 5.91 Å². The number of urea groups is 1. The normalized spacial score (nSPS) is 10.9. The number of anilines is 1. The molecule has 0 aromatic heterocycles. The van der Waals surface area contributed by atoms with Crippen LogP contribution in [0.1, 0.15) is 31.1 Å². The minimum absolute atomic E-state index is 0.212. The van der Waals surface area contributed by atoms with Crippen molar-refractivity contribution in [3.63, 3.8) is 0 Å². The van der Waals surface area contributed by atoms with Crippen LogP contribution in [0, 0.1) is 0 Å². The largest absolute Gasteiger partial charge is 0.338 e. The minimum Gasteiger partial charge on any atom is -0.307 e. The van der Waals surface area contributed by atoms with Crippen LogP contribution in [0.15, 0.2) is 48.5 Å². The fraction of sp³-hybridized carbons (Fsp3) is 0.222. The van der Waals surface area contributed by atoms with Crippen molar-refractivity contribution in [2.24, 2.45) is 0 Å². The molecule has 2 N–H and O–H groups in total. The van der Waals surface area contributed by atoms with Crippen molar-refractivity contribution in [3.8, 4) is 0 Å². The van der Waals surface area contributed by atoms with E-state index >= 15 is 0 Å². The molecule has 5 nitrogen and oxygen atoms in total. The maximum Gasteiger partial charge on any atom is 0.338 e. The molecule has 0 saturated carbocycles. The smallest absolute Gasteiger partial charge is 0.307 e. The first-order chi connectivity index (χ1) is 11.7. The molecule has 7 heteroatoms. The Kier molecular flexibility index (Phi) is 5.93. The highest BCUT2D eigenvalue weighted by molar-refractivity contribution is 6.35. The average molecular weight is 380 g/mol. The fourth-order valence-electron chi connectivity index (χ4n) is 2.09. The summed E-state index contributed by atoms with van der Waals surface area (Å²) in [6.45, 7) is 5.39. The third-order valence-electron chi connectivity index (χ3n) is 3.28. The van der Waals surface area contributed by atoms with E-state index in [1.165, 1.54) is 11.1 Å². The molecule has 0 radical (unpaired) electrons. The van der Waals surface area contributed by atoms with Gasteiger partial charge >= 0.3 is 6.03 Å². The van der Waals surface area contributed by atoms with Crippen LogP contribution in [0.5, 0.6) is 0 Å². The van der Waals surface area contributed by atoms with Crippen molar-refractivity contribution >= 4 is 40.8 Å². The van der Waals surface area contributed by atoms with E-state index in [9.17, 15) is 9.59 Å². The Balaban J connectivity index is 2.23. The number of carbonyl (C=O) groups is 2. The highest BCUT2D eigenvalue weighted by Crippen LogP contribution is 2.24. The van der Waals surface area contributed by atoms with Crippen molar-refractivity contribution in [3.05, 3.63) is 64.1 Å². The topological polar surface area (TPSA) is 61.4 Å². The lowest BCUT2D eigenvalue weighted by Gasteiger charge is -2.35. The van der Waals surface area contributed by atoms with Gasteiger partial charge in [0, 0.05) is 10.7 Å². The summed E-state index contributed by atoms with van der Waals surface area (Å²) in [5.41, 5.74) is 2.72. The fourth-order valence-corrected chi connectivity index (χ4v) is 2.46. The Bertz CT molecular complexity index is 774. The number of carbonyl (C=O) groups excluding carboxylic acids is 2. The van der Waals surface area contributed by atoms with Crippen LogP contribution in [-0.2, 0) is 0 Å². The van der Waals surface area contributed by atoms with E-state index in [1.54, 1.807) is 57.2 Å². The second-order valence-corrected chi connectivity index (χ2v) is 7.21. The number of hydrogen-bond acceptors (Lipinski definition) is 2. The van der Waals surface area contributed by atoms with Crippen LogP contribution in [0.25, 0.3) is 0 Å². The summed E-state index contributed by atoms with van der Waals surface area (Å²) >= 11 is 12.1. The molecule has 25 heavy (non-hydrogen) atoms. The number of rotatable bonds is 2. The summed E-state index contributed by atoms with van der Waals surface area (Å²) in [6.07, 6.45) is 0. The Morgan fingerprint density at radius 2 is 1.64 bits per heavy atom. The first kappa shape index (κ1) is 19.1. The van der Waals surface area contributed by atoms with Gasteiger partial charge in [0.1, 0.15) is 0 Å². The molecule has 0 bridgehead atoms. The molecule has 0 aliphatic heterocycles. The monoisotopic (exact) mass is 379 g/mol. The number of hydrogen-bond donors (Lipinski definition) is 2. The van der Waals surface area contributed by atoms with Gasteiger partial charge < -0.3 is 5.32 Å². The van der Waals surface area contributed by atoms with Gasteiger partial charge in [-0.15, -0.1) is 0 Å². The summed E-state index contributed by atoms with van der Waals surface area (Å²) in [7, 11) is 0. The van der Waals surface area contributed by atoms with Crippen molar-refractivity contribution in [1.82, 2.24) is 10.4 Å². The highest BCUT2D eigenvalue weighted by Gasteiger charge is 2.30. The van der Waals surface area contributed by atoms with E-state index < -0.39 is 17.5 Å². The molecular weight excluding hydrogens is 361 g/mol. The zero-order valence-electron chi connectivity index (χ0n) is 14.1. The van der Waals surface area contributed by atoms with Gasteiger partial charge in [-0.3, -0.25) is 4.79 Å². The van der Waals surface area contributed by atoms with Gasteiger partial charge in [0.05, 0.1) is 16.1 Å². The molecule has 0 unspecified atom stereocenters. The molecule has 0 aliphatic rings. The third-order valence-corrected chi connectivity index (χ3v) is 3.84. The lowest BCUT2D eigenvalue weighted by Crippen LogP contribution is -2.56. The van der Waals surface area contributed by atoms with E-state index in [1.807, 2.05) is 6.07 Å². The van der Waals surface area contributed by atoms with Crippen LogP contribution in [0.2, 0.25) is 10.0 Å². The Hall–Kier alpha value is -2.24. The predicted octanol–water partition coefficient (Wildman–Crippen LogP) is 4.97. The molecule has 0 aliphatic carbocycles. The number of para-hydroxylation sites is 1. The van der Waals surface area contributed by atoms with E-state index in [-0.39, 0.29) is 10.6 Å². The van der Waals surface area contributed by atoms with Crippen LogP contribution in [-0.4, -0.2) is 22.5 Å². The lowest BCUT2D eigenvalue weighted by atomic mass is 10.1. The second-order valence-electron chi connectivity index (χ2n) is 6.37. The SMILES string of the molecule is CC(C)(C)N(NC(=O)Nc1ccccc1)C(=O)c1cc(Cl)ccc1Cl. The number of amides is 3. The second kappa shape index (κ2) is 7.76. The van der Waals surface area contributed by atoms with E-state index in [2.05, 4.69) is 10.7 Å². The van der Waals surface area contributed by atoms with E-state index in [0.29, 0.717) is 10.7 Å². The quantitative estimate of drug-likeness (QED) is 0.723. The summed E-state index contributed by atoms with van der Waals surface area (Å²) in [5.74, 6) is -0.455. The molecule has 0 saturated heterocycles. The molecule has 3 amide bonds. The summed E-state index contributed by atoms with van der Waals surface area (Å²) in [6, 6.07) is 13.0. The molecule has 2 rings (SSSR count). The standard InChI is InChI=1S/C18H19Cl2N3O2/c1-18(2,3)23(16(24)14-11-12(19)9-10-15(14)20)22-17(25)21-13-7-5-4-6-8-13/h4-11H,1-3H3,(H2,21,22,25). The maximum atomic E-state index is 12.9. The van der Waals surface area contributed by atoms with Crippen LogP contribution in [0.3, 0.4) is 0 Å². The Labute approximate surface area is 156 Å². The van der Waals surface area contributed by atoms with Gasteiger partial charge in [-0.2, -0.15) is 0 Å². The predicted molar refractivity (Wildman–Crippen MR) is 101 cm³/mol. The zero-order chi connectivity index (χ0) is 18.6. The van der Waals surface area contributed by atoms with Gasteiger partial charge in [0.15, 0.2) is 0 Å². The molecule has 0 fully saturated rings. The zero-order valence-corrected chi connectivity index (χ0v) is 15.7. The minimum atomic E-state index is -0.684. The van der Waals surface area contributed by atoms with Crippen molar-refractivity contribution < 1.29 is 9.59 Å². The number of nitrogens with zero attached hydrogens (tertiary/aromatic N) is 1. The molecule has 2 aromatic carbocycles. The number of halogens is 2. The van der Waals surface area contributed by atoms with E-state index in [0.717, 1.165) is 0 Å². The number of benzene rings is 2. The van der Waals surface area contributed by atoms with Crippen molar-refractivity contribution in [2.75, 3.05) is 5.32 Å². The van der Waals surface area contributed by atoms with E-state index in [4.69, 9.17) is 23.2 Å². The first-order valence-electron chi connectivity index (χ1n) is 7.61. The van der Waals surface area contributed by atoms with Crippen LogP contribution >= 0.6 is 23.2 Å².